The lowest BCUT2D eigenvalue weighted by Crippen LogP contribution is -1.99. The molecule has 164 valence electrons. The van der Waals surface area contributed by atoms with E-state index < -0.39 is 9.84 Å². The van der Waals surface area contributed by atoms with Gasteiger partial charge in [-0.1, -0.05) is 29.8 Å². The molecular weight excluding hydrogens is 460 g/mol. The zero-order valence-electron chi connectivity index (χ0n) is 18.0. The largest absolute Gasteiger partial charge is 0.299 e. The molecule has 0 N–H and O–H groups in total. The van der Waals surface area contributed by atoms with Crippen LogP contribution in [0.25, 0.3) is 17.1 Å². The number of sulfone groups is 1. The number of thioether (sulfide) groups is 1. The van der Waals surface area contributed by atoms with Crippen molar-refractivity contribution in [3.8, 4) is 17.1 Å². The molecule has 0 fully saturated rings. The van der Waals surface area contributed by atoms with Crippen molar-refractivity contribution in [1.82, 2.24) is 9.55 Å². The Balaban J connectivity index is 1.76. The molecule has 0 aliphatic carbocycles. The highest BCUT2D eigenvalue weighted by molar-refractivity contribution is 7.99. The number of halogens is 1. The maximum absolute atomic E-state index is 11.9. The molecule has 7 heteroatoms. The summed E-state index contributed by atoms with van der Waals surface area (Å²) in [6.45, 7) is 4.25. The molecule has 1 atom stereocenters. The monoisotopic (exact) mass is 482 g/mol. The van der Waals surface area contributed by atoms with Crippen molar-refractivity contribution in [2.24, 2.45) is 0 Å². The lowest BCUT2D eigenvalue weighted by molar-refractivity contribution is 0.602. The minimum Gasteiger partial charge on any atom is -0.299 e. The number of nitrogens with zero attached hydrogens (tertiary/aromatic N) is 2. The average molecular weight is 483 g/mol. The first-order valence-corrected chi connectivity index (χ1v) is 13.3. The zero-order valence-corrected chi connectivity index (χ0v) is 20.4. The standard InChI is InChI=1S/C25H23ClN2O2S2/c1-17-6-4-5-7-24(17)31-18(2)23-16-28(21-12-14-22(15-13-21)32(3,29)30)25(27-23)19-8-10-20(26)11-9-19/h4-16,18H,1-3H3. The Bertz CT molecular complexity index is 1350. The van der Waals surface area contributed by atoms with E-state index in [4.69, 9.17) is 16.6 Å². The van der Waals surface area contributed by atoms with Gasteiger partial charge in [-0.3, -0.25) is 4.57 Å². The Morgan fingerprint density at radius 1 is 0.969 bits per heavy atom. The van der Waals surface area contributed by atoms with Crippen LogP contribution in [0.4, 0.5) is 0 Å². The third-order valence-corrected chi connectivity index (χ3v) is 7.87. The fourth-order valence-electron chi connectivity index (χ4n) is 3.39. The molecule has 0 radical (unpaired) electrons. The van der Waals surface area contributed by atoms with Gasteiger partial charge in [0.25, 0.3) is 0 Å². The van der Waals surface area contributed by atoms with Crippen LogP contribution in [0, 0.1) is 6.92 Å². The molecule has 0 saturated heterocycles. The average Bonchev–Trinajstić information content (AvgIpc) is 3.21. The van der Waals surface area contributed by atoms with Gasteiger partial charge in [0.15, 0.2) is 9.84 Å². The molecule has 0 saturated carbocycles. The predicted octanol–water partition coefficient (Wildman–Crippen LogP) is 6.76. The predicted molar refractivity (Wildman–Crippen MR) is 133 cm³/mol. The van der Waals surface area contributed by atoms with Crippen molar-refractivity contribution in [3.63, 3.8) is 0 Å². The highest BCUT2D eigenvalue weighted by atomic mass is 35.5. The number of benzene rings is 3. The summed E-state index contributed by atoms with van der Waals surface area (Å²) in [6.07, 6.45) is 3.23. The van der Waals surface area contributed by atoms with E-state index in [2.05, 4.69) is 26.0 Å². The third-order valence-electron chi connectivity index (χ3n) is 5.18. The normalized spacial score (nSPS) is 12.6. The molecule has 1 heterocycles. The summed E-state index contributed by atoms with van der Waals surface area (Å²) in [5.41, 5.74) is 3.95. The number of hydrogen-bond acceptors (Lipinski definition) is 4. The van der Waals surface area contributed by atoms with Gasteiger partial charge in [0, 0.05) is 33.6 Å². The van der Waals surface area contributed by atoms with Crippen LogP contribution in [0.2, 0.25) is 5.02 Å². The molecule has 4 rings (SSSR count). The van der Waals surface area contributed by atoms with E-state index in [1.807, 2.05) is 47.2 Å². The van der Waals surface area contributed by atoms with Crippen LogP contribution < -0.4 is 0 Å². The first kappa shape index (κ1) is 22.6. The van der Waals surface area contributed by atoms with E-state index in [0.717, 1.165) is 22.8 Å². The molecule has 4 aromatic rings. The third kappa shape index (κ3) is 4.93. The van der Waals surface area contributed by atoms with Crippen LogP contribution in [-0.4, -0.2) is 24.2 Å². The van der Waals surface area contributed by atoms with Crippen molar-refractivity contribution in [2.75, 3.05) is 6.26 Å². The Kier molecular flexibility index (Phi) is 6.47. The second kappa shape index (κ2) is 9.14. The smallest absolute Gasteiger partial charge is 0.175 e. The van der Waals surface area contributed by atoms with Crippen LogP contribution in [0.1, 0.15) is 23.4 Å². The minimum absolute atomic E-state index is 0.124. The van der Waals surface area contributed by atoms with E-state index in [9.17, 15) is 8.42 Å². The van der Waals surface area contributed by atoms with Crippen molar-refractivity contribution in [2.45, 2.75) is 28.9 Å². The van der Waals surface area contributed by atoms with Crippen molar-refractivity contribution in [1.29, 1.82) is 0 Å². The minimum atomic E-state index is -3.26. The topological polar surface area (TPSA) is 52.0 Å². The fraction of sp³-hybridized carbons (Fsp3) is 0.160. The van der Waals surface area contributed by atoms with Crippen LogP contribution in [0.3, 0.4) is 0 Å². The zero-order chi connectivity index (χ0) is 22.9. The maximum atomic E-state index is 11.9. The molecule has 1 unspecified atom stereocenters. The van der Waals surface area contributed by atoms with Gasteiger partial charge < -0.3 is 0 Å². The summed E-state index contributed by atoms with van der Waals surface area (Å²) >= 11 is 7.86. The van der Waals surface area contributed by atoms with Crippen LogP contribution in [0.5, 0.6) is 0 Å². The van der Waals surface area contributed by atoms with E-state index in [0.29, 0.717) is 5.02 Å². The number of rotatable bonds is 6. The highest BCUT2D eigenvalue weighted by Crippen LogP contribution is 2.37. The number of imidazole rings is 1. The molecular formula is C25H23ClN2O2S2. The Morgan fingerprint density at radius 2 is 1.62 bits per heavy atom. The van der Waals surface area contributed by atoms with E-state index in [1.54, 1.807) is 36.0 Å². The van der Waals surface area contributed by atoms with Gasteiger partial charge in [-0.05, 0) is 74.0 Å². The van der Waals surface area contributed by atoms with Crippen molar-refractivity contribution in [3.05, 3.63) is 95.3 Å². The van der Waals surface area contributed by atoms with E-state index in [-0.39, 0.29) is 10.1 Å². The van der Waals surface area contributed by atoms with Gasteiger partial charge in [0.05, 0.1) is 15.8 Å². The Hall–Kier alpha value is -2.54. The molecule has 3 aromatic carbocycles. The lowest BCUT2D eigenvalue weighted by atomic mass is 10.2. The van der Waals surface area contributed by atoms with Crippen molar-refractivity contribution >= 4 is 33.2 Å². The maximum Gasteiger partial charge on any atom is 0.175 e. The molecule has 0 aliphatic heterocycles. The van der Waals surface area contributed by atoms with E-state index in [1.165, 1.54) is 16.7 Å². The summed E-state index contributed by atoms with van der Waals surface area (Å²) in [5.74, 6) is 0.779. The van der Waals surface area contributed by atoms with Crippen LogP contribution >= 0.6 is 23.4 Å². The van der Waals surface area contributed by atoms with Gasteiger partial charge in [0.1, 0.15) is 5.82 Å². The fourth-order valence-corrected chi connectivity index (χ4v) is 5.17. The van der Waals surface area contributed by atoms with Crippen molar-refractivity contribution < 1.29 is 8.42 Å². The first-order chi connectivity index (χ1) is 15.2. The molecule has 0 spiro atoms. The molecule has 0 bridgehead atoms. The molecule has 32 heavy (non-hydrogen) atoms. The Labute approximate surface area is 198 Å². The summed E-state index contributed by atoms with van der Waals surface area (Å²) in [7, 11) is -3.26. The molecule has 4 nitrogen and oxygen atoms in total. The number of aromatic nitrogens is 2. The molecule has 0 amide bonds. The first-order valence-electron chi connectivity index (χ1n) is 10.1. The van der Waals surface area contributed by atoms with Crippen LogP contribution in [-0.2, 0) is 9.84 Å². The second-order valence-electron chi connectivity index (χ2n) is 7.66. The SMILES string of the molecule is Cc1ccccc1SC(C)c1cn(-c2ccc(S(C)(=O)=O)cc2)c(-c2ccc(Cl)cc2)n1. The summed E-state index contributed by atoms with van der Waals surface area (Å²) in [5, 5.41) is 0.784. The van der Waals surface area contributed by atoms with Gasteiger partial charge in [-0.25, -0.2) is 13.4 Å². The summed E-state index contributed by atoms with van der Waals surface area (Å²) in [4.78, 5) is 6.48. The van der Waals surface area contributed by atoms with E-state index >= 15 is 0 Å². The Morgan fingerprint density at radius 3 is 2.25 bits per heavy atom. The molecule has 0 aliphatic rings. The highest BCUT2D eigenvalue weighted by Gasteiger charge is 2.18. The number of aryl methyl sites for hydroxylation is 1. The van der Waals surface area contributed by atoms with Gasteiger partial charge in [-0.15, -0.1) is 11.8 Å². The summed E-state index contributed by atoms with van der Waals surface area (Å²) in [6, 6.07) is 22.7. The quantitative estimate of drug-likeness (QED) is 0.285. The molecule has 1 aromatic heterocycles. The van der Waals surface area contributed by atoms with Gasteiger partial charge >= 0.3 is 0 Å². The lowest BCUT2D eigenvalue weighted by Gasteiger charge is -2.10. The summed E-state index contributed by atoms with van der Waals surface area (Å²) < 4.78 is 25.7. The number of hydrogen-bond donors (Lipinski definition) is 0. The van der Waals surface area contributed by atoms with Crippen LogP contribution in [0.15, 0.2) is 88.8 Å². The van der Waals surface area contributed by atoms with Gasteiger partial charge in [-0.2, -0.15) is 0 Å². The second-order valence-corrected chi connectivity index (χ2v) is 11.5. The van der Waals surface area contributed by atoms with Gasteiger partial charge in [0.2, 0.25) is 0 Å².